The third kappa shape index (κ3) is 1.69. The van der Waals surface area contributed by atoms with Crippen molar-refractivity contribution in [2.75, 3.05) is 0 Å². The lowest BCUT2D eigenvalue weighted by molar-refractivity contribution is -0.132. The van der Waals surface area contributed by atoms with Crippen LogP contribution < -0.4 is 0 Å². The maximum absolute atomic E-state index is 12.3. The number of ketones is 1. The van der Waals surface area contributed by atoms with Crippen molar-refractivity contribution in [1.29, 1.82) is 0 Å². The van der Waals surface area contributed by atoms with E-state index in [1.165, 1.54) is 57.8 Å². The first-order chi connectivity index (χ1) is 9.20. The average Bonchev–Trinajstić information content (AvgIpc) is 2.75. The first-order valence-corrected chi connectivity index (χ1v) is 8.73. The lowest BCUT2D eigenvalue weighted by Crippen LogP contribution is -2.48. The van der Waals surface area contributed by atoms with Crippen LogP contribution in [0.1, 0.15) is 71.1 Å². The predicted octanol–water partition coefficient (Wildman–Crippen LogP) is 4.60. The number of rotatable bonds is 0. The summed E-state index contributed by atoms with van der Waals surface area (Å²) in [6.45, 7) is 2.30. The summed E-state index contributed by atoms with van der Waals surface area (Å²) in [5, 5.41) is 0. The van der Waals surface area contributed by atoms with E-state index in [4.69, 9.17) is 0 Å². The highest BCUT2D eigenvalue weighted by molar-refractivity contribution is 5.87. The van der Waals surface area contributed by atoms with Crippen LogP contribution in [0.15, 0.2) is 0 Å². The van der Waals surface area contributed by atoms with Gasteiger partial charge in [-0.2, -0.15) is 0 Å². The van der Waals surface area contributed by atoms with Gasteiger partial charge in [-0.25, -0.2) is 0 Å². The number of hydrogen-bond acceptors (Lipinski definition) is 1. The molecule has 0 bridgehead atoms. The third-order valence-corrected chi connectivity index (χ3v) is 7.59. The van der Waals surface area contributed by atoms with Gasteiger partial charge in [0.2, 0.25) is 0 Å². The summed E-state index contributed by atoms with van der Waals surface area (Å²) >= 11 is 0. The molecule has 0 saturated heterocycles. The van der Waals surface area contributed by atoms with E-state index in [-0.39, 0.29) is 5.41 Å². The van der Waals surface area contributed by atoms with Crippen LogP contribution >= 0.6 is 0 Å². The number of fused-ring (bicyclic) bond motifs is 5. The van der Waals surface area contributed by atoms with Crippen LogP contribution in [-0.2, 0) is 4.79 Å². The molecule has 19 heavy (non-hydrogen) atoms. The molecule has 0 aliphatic heterocycles. The van der Waals surface area contributed by atoms with Crippen LogP contribution in [0.5, 0.6) is 0 Å². The van der Waals surface area contributed by atoms with Crippen molar-refractivity contribution < 1.29 is 4.79 Å². The second-order valence-corrected chi connectivity index (χ2v) is 8.14. The molecule has 0 amide bonds. The molecule has 0 unspecified atom stereocenters. The van der Waals surface area contributed by atoms with Gasteiger partial charge in [0.1, 0.15) is 5.78 Å². The van der Waals surface area contributed by atoms with Crippen LogP contribution in [0.4, 0.5) is 0 Å². The molecule has 0 N–H and O–H groups in total. The molecule has 1 heteroatoms. The average molecular weight is 260 g/mol. The van der Waals surface area contributed by atoms with Crippen LogP contribution in [0.25, 0.3) is 0 Å². The van der Waals surface area contributed by atoms with Gasteiger partial charge in [-0.3, -0.25) is 4.79 Å². The second-order valence-electron chi connectivity index (χ2n) is 8.14. The summed E-state index contributed by atoms with van der Waals surface area (Å²) in [6, 6.07) is 0. The van der Waals surface area contributed by atoms with Crippen molar-refractivity contribution in [2.24, 2.45) is 35.0 Å². The van der Waals surface area contributed by atoms with Gasteiger partial charge in [0.15, 0.2) is 0 Å². The smallest absolute Gasteiger partial charge is 0.139 e. The number of carbonyl (C=O) groups is 1. The Morgan fingerprint density at radius 3 is 2.63 bits per heavy atom. The zero-order valence-corrected chi connectivity index (χ0v) is 12.4. The number of hydrogen-bond donors (Lipinski definition) is 0. The van der Waals surface area contributed by atoms with Crippen molar-refractivity contribution in [3.05, 3.63) is 0 Å². The van der Waals surface area contributed by atoms with Crippen LogP contribution in [0.3, 0.4) is 0 Å². The molecule has 4 fully saturated rings. The predicted molar refractivity (Wildman–Crippen MR) is 76.7 cm³/mol. The van der Waals surface area contributed by atoms with E-state index < -0.39 is 0 Å². The fraction of sp³-hybridized carbons (Fsp3) is 0.944. The second kappa shape index (κ2) is 4.33. The van der Waals surface area contributed by atoms with Gasteiger partial charge in [-0.05, 0) is 68.1 Å². The molecule has 0 spiro atoms. The molecule has 4 aliphatic rings. The summed E-state index contributed by atoms with van der Waals surface area (Å²) in [5.74, 6) is 5.33. The quantitative estimate of drug-likeness (QED) is 0.622. The van der Waals surface area contributed by atoms with Gasteiger partial charge >= 0.3 is 0 Å². The molecule has 0 aromatic carbocycles. The molecule has 6 atom stereocenters. The molecule has 0 aromatic rings. The molecule has 4 rings (SSSR count). The fourth-order valence-electron chi connectivity index (χ4n) is 6.60. The van der Waals surface area contributed by atoms with Crippen molar-refractivity contribution >= 4 is 5.78 Å². The van der Waals surface area contributed by atoms with Crippen molar-refractivity contribution in [3.8, 4) is 0 Å². The third-order valence-electron chi connectivity index (χ3n) is 7.59. The Morgan fingerprint density at radius 2 is 1.74 bits per heavy atom. The van der Waals surface area contributed by atoms with E-state index in [0.717, 1.165) is 36.0 Å². The normalized spacial score (nSPS) is 53.3. The van der Waals surface area contributed by atoms with Crippen LogP contribution in [0, 0.1) is 35.0 Å². The fourth-order valence-corrected chi connectivity index (χ4v) is 6.60. The molecular weight excluding hydrogens is 232 g/mol. The zero-order valence-electron chi connectivity index (χ0n) is 12.4. The maximum Gasteiger partial charge on any atom is 0.139 e. The first-order valence-electron chi connectivity index (χ1n) is 8.73. The molecule has 4 aliphatic carbocycles. The topological polar surface area (TPSA) is 17.1 Å². The summed E-state index contributed by atoms with van der Waals surface area (Å²) in [4.78, 5) is 12.3. The Labute approximate surface area is 117 Å². The Morgan fingerprint density at radius 1 is 0.895 bits per heavy atom. The lowest BCUT2D eigenvalue weighted by atomic mass is 9.51. The van der Waals surface area contributed by atoms with Gasteiger partial charge in [0.05, 0.1) is 0 Å². The first kappa shape index (κ1) is 12.4. The Hall–Kier alpha value is -0.330. The lowest BCUT2D eigenvalue weighted by Gasteiger charge is -2.54. The monoisotopic (exact) mass is 260 g/mol. The highest BCUT2D eigenvalue weighted by Crippen LogP contribution is 2.61. The highest BCUT2D eigenvalue weighted by atomic mass is 16.1. The van der Waals surface area contributed by atoms with Gasteiger partial charge in [-0.1, -0.05) is 26.2 Å². The van der Waals surface area contributed by atoms with Gasteiger partial charge in [-0.15, -0.1) is 0 Å². The Balaban J connectivity index is 1.61. The SMILES string of the molecule is C[C@]12CC[C@H]3[C@@H]4CCCC[C@@H]4CC[C@@H]3[C@H]1CCC2=O. The Bertz CT molecular complexity index is 387. The zero-order chi connectivity index (χ0) is 13.0. The van der Waals surface area contributed by atoms with E-state index in [2.05, 4.69) is 6.92 Å². The minimum absolute atomic E-state index is 0.0860. The van der Waals surface area contributed by atoms with Gasteiger partial charge in [0.25, 0.3) is 0 Å². The van der Waals surface area contributed by atoms with Crippen molar-refractivity contribution in [3.63, 3.8) is 0 Å². The van der Waals surface area contributed by atoms with Crippen LogP contribution in [-0.4, -0.2) is 5.78 Å². The molecule has 1 nitrogen and oxygen atoms in total. The largest absolute Gasteiger partial charge is 0.299 e. The van der Waals surface area contributed by atoms with Crippen molar-refractivity contribution in [1.82, 2.24) is 0 Å². The summed E-state index contributed by atoms with van der Waals surface area (Å²) in [6.07, 6.45) is 13.6. The van der Waals surface area contributed by atoms with E-state index in [9.17, 15) is 4.79 Å². The molecule has 0 aromatic heterocycles. The highest BCUT2D eigenvalue weighted by Gasteiger charge is 2.56. The minimum Gasteiger partial charge on any atom is -0.299 e. The Kier molecular flexibility index (Phi) is 2.83. The molecule has 0 heterocycles. The summed E-state index contributed by atoms with van der Waals surface area (Å²) in [7, 11) is 0. The summed E-state index contributed by atoms with van der Waals surface area (Å²) in [5.41, 5.74) is 0.0860. The summed E-state index contributed by atoms with van der Waals surface area (Å²) < 4.78 is 0. The van der Waals surface area contributed by atoms with Crippen LogP contribution in [0.2, 0.25) is 0 Å². The molecule has 4 saturated carbocycles. The van der Waals surface area contributed by atoms with E-state index in [1.54, 1.807) is 0 Å². The van der Waals surface area contributed by atoms with E-state index >= 15 is 0 Å². The van der Waals surface area contributed by atoms with Gasteiger partial charge < -0.3 is 0 Å². The number of carbonyl (C=O) groups excluding carboxylic acids is 1. The molecular formula is C18H28O. The molecule has 0 radical (unpaired) electrons. The van der Waals surface area contributed by atoms with Gasteiger partial charge in [0, 0.05) is 11.8 Å². The maximum atomic E-state index is 12.3. The van der Waals surface area contributed by atoms with Crippen molar-refractivity contribution in [2.45, 2.75) is 71.1 Å². The molecule has 106 valence electrons. The number of Topliss-reactive ketones (excluding diaryl/α,β-unsaturated/α-hetero) is 1. The van der Waals surface area contributed by atoms with E-state index in [0.29, 0.717) is 5.78 Å². The minimum atomic E-state index is 0.0860. The van der Waals surface area contributed by atoms with E-state index in [1.807, 2.05) is 0 Å². The standard InChI is InChI=1S/C18H28O/c1-18-11-10-14-13-5-3-2-4-12(13)6-7-15(14)16(18)8-9-17(18)19/h12-16H,2-11H2,1H3/t12-,13-,14+,15+,16-,18+/m1/s1.